The second kappa shape index (κ2) is 6.28. The van der Waals surface area contributed by atoms with E-state index in [1.54, 1.807) is 6.92 Å². The Labute approximate surface area is 114 Å². The number of Topliss-reactive ketones (excluding diaryl/α,β-unsaturated/α-hetero) is 1. The van der Waals surface area contributed by atoms with E-state index in [9.17, 15) is 4.79 Å². The maximum absolute atomic E-state index is 11.4. The van der Waals surface area contributed by atoms with Gasteiger partial charge in [-0.3, -0.25) is 4.79 Å². The zero-order valence-corrected chi connectivity index (χ0v) is 12.7. The smallest absolute Gasteiger partial charge is 0.159 e. The standard InChI is InChI=1S/C15H22O2S/c1-6-17-14-8-7-12(11(2)16)9-13(14)10-18-15(3,4)5/h7-9H,6,10H2,1-5H3. The largest absolute Gasteiger partial charge is 0.494 e. The number of ether oxygens (including phenoxy) is 1. The molecule has 0 saturated heterocycles. The average Bonchev–Trinajstić information content (AvgIpc) is 2.26. The highest BCUT2D eigenvalue weighted by Crippen LogP contribution is 2.31. The second-order valence-corrected chi connectivity index (χ2v) is 7.01. The number of benzene rings is 1. The van der Waals surface area contributed by atoms with Crippen LogP contribution >= 0.6 is 11.8 Å². The first-order valence-corrected chi connectivity index (χ1v) is 7.22. The van der Waals surface area contributed by atoms with E-state index in [-0.39, 0.29) is 10.5 Å². The van der Waals surface area contributed by atoms with Crippen LogP contribution in [0.5, 0.6) is 5.75 Å². The molecule has 1 rings (SSSR count). The van der Waals surface area contributed by atoms with Crippen molar-refractivity contribution in [3.05, 3.63) is 29.3 Å². The molecule has 0 bridgehead atoms. The van der Waals surface area contributed by atoms with Gasteiger partial charge in [-0.2, -0.15) is 11.8 Å². The van der Waals surface area contributed by atoms with Crippen LogP contribution in [0.25, 0.3) is 0 Å². The Hall–Kier alpha value is -0.960. The molecule has 0 aliphatic rings. The molecule has 1 aromatic rings. The fourth-order valence-electron chi connectivity index (χ4n) is 1.50. The number of carbonyl (C=O) groups excluding carboxylic acids is 1. The van der Waals surface area contributed by atoms with E-state index in [1.807, 2.05) is 36.9 Å². The maximum atomic E-state index is 11.4. The molecular weight excluding hydrogens is 244 g/mol. The van der Waals surface area contributed by atoms with Crippen molar-refractivity contribution in [1.82, 2.24) is 0 Å². The first kappa shape index (κ1) is 15.1. The topological polar surface area (TPSA) is 26.3 Å². The van der Waals surface area contributed by atoms with Crippen molar-refractivity contribution in [3.63, 3.8) is 0 Å². The highest BCUT2D eigenvalue weighted by molar-refractivity contribution is 7.99. The molecule has 0 heterocycles. The van der Waals surface area contributed by atoms with Gasteiger partial charge in [0.1, 0.15) is 5.75 Å². The van der Waals surface area contributed by atoms with Gasteiger partial charge < -0.3 is 4.74 Å². The normalized spacial score (nSPS) is 11.4. The van der Waals surface area contributed by atoms with Crippen LogP contribution < -0.4 is 4.74 Å². The van der Waals surface area contributed by atoms with E-state index in [4.69, 9.17) is 4.74 Å². The number of thioether (sulfide) groups is 1. The van der Waals surface area contributed by atoms with Crippen molar-refractivity contribution in [2.75, 3.05) is 6.61 Å². The molecule has 0 unspecified atom stereocenters. The van der Waals surface area contributed by atoms with Gasteiger partial charge in [-0.15, -0.1) is 0 Å². The van der Waals surface area contributed by atoms with Crippen LogP contribution in [-0.2, 0) is 5.75 Å². The van der Waals surface area contributed by atoms with E-state index in [2.05, 4.69) is 20.8 Å². The zero-order valence-electron chi connectivity index (χ0n) is 11.9. The molecule has 0 aliphatic carbocycles. The van der Waals surface area contributed by atoms with Crippen molar-refractivity contribution in [2.24, 2.45) is 0 Å². The van der Waals surface area contributed by atoms with Crippen molar-refractivity contribution in [1.29, 1.82) is 0 Å². The molecule has 0 radical (unpaired) electrons. The second-order valence-electron chi connectivity index (χ2n) is 5.21. The Bertz CT molecular complexity index is 419. The summed E-state index contributed by atoms with van der Waals surface area (Å²) in [7, 11) is 0. The van der Waals surface area contributed by atoms with Crippen molar-refractivity contribution >= 4 is 17.5 Å². The first-order valence-electron chi connectivity index (χ1n) is 6.24. The minimum atomic E-state index is 0.0973. The highest BCUT2D eigenvalue weighted by atomic mass is 32.2. The van der Waals surface area contributed by atoms with Gasteiger partial charge in [0, 0.05) is 21.6 Å². The average molecular weight is 266 g/mol. The maximum Gasteiger partial charge on any atom is 0.159 e. The minimum absolute atomic E-state index is 0.0973. The van der Waals surface area contributed by atoms with Crippen LogP contribution in [0, 0.1) is 0 Å². The molecule has 100 valence electrons. The summed E-state index contributed by atoms with van der Waals surface area (Å²) < 4.78 is 5.82. The number of hydrogen-bond donors (Lipinski definition) is 0. The van der Waals surface area contributed by atoms with Crippen LogP contribution in [0.3, 0.4) is 0 Å². The summed E-state index contributed by atoms with van der Waals surface area (Å²) in [5, 5.41) is 0. The molecule has 18 heavy (non-hydrogen) atoms. The lowest BCUT2D eigenvalue weighted by Crippen LogP contribution is -2.08. The third kappa shape index (κ3) is 4.73. The quantitative estimate of drug-likeness (QED) is 0.742. The molecule has 0 amide bonds. The lowest BCUT2D eigenvalue weighted by atomic mass is 10.1. The van der Waals surface area contributed by atoms with Gasteiger partial charge in [-0.1, -0.05) is 20.8 Å². The van der Waals surface area contributed by atoms with Gasteiger partial charge in [-0.25, -0.2) is 0 Å². The lowest BCUT2D eigenvalue weighted by molar-refractivity contribution is 0.101. The van der Waals surface area contributed by atoms with E-state index >= 15 is 0 Å². The fourth-order valence-corrected chi connectivity index (χ4v) is 2.32. The molecule has 2 nitrogen and oxygen atoms in total. The predicted octanol–water partition coefficient (Wildman–Crippen LogP) is 4.32. The summed E-state index contributed by atoms with van der Waals surface area (Å²) in [4.78, 5) is 11.4. The summed E-state index contributed by atoms with van der Waals surface area (Å²) in [5.41, 5.74) is 1.85. The molecule has 1 aromatic carbocycles. The molecular formula is C15H22O2S. The van der Waals surface area contributed by atoms with Crippen molar-refractivity contribution < 1.29 is 9.53 Å². The Balaban J connectivity index is 2.96. The molecule has 0 aliphatic heterocycles. The van der Waals surface area contributed by atoms with E-state index in [0.29, 0.717) is 6.61 Å². The molecule has 0 N–H and O–H groups in total. The Morgan fingerprint density at radius 1 is 1.33 bits per heavy atom. The number of ketones is 1. The molecule has 0 spiro atoms. The molecule has 0 atom stereocenters. The van der Waals surface area contributed by atoms with Gasteiger partial charge in [-0.05, 0) is 32.0 Å². The third-order valence-corrected chi connectivity index (χ3v) is 3.75. The van der Waals surface area contributed by atoms with Crippen LogP contribution in [0.1, 0.15) is 50.5 Å². The van der Waals surface area contributed by atoms with Crippen molar-refractivity contribution in [3.8, 4) is 5.75 Å². The van der Waals surface area contributed by atoms with Gasteiger partial charge in [0.15, 0.2) is 5.78 Å². The molecule has 3 heteroatoms. The van der Waals surface area contributed by atoms with Crippen LogP contribution in [0.15, 0.2) is 18.2 Å². The third-order valence-electron chi connectivity index (χ3n) is 2.43. The van der Waals surface area contributed by atoms with Gasteiger partial charge in [0.2, 0.25) is 0 Å². The molecule has 0 fully saturated rings. The van der Waals surface area contributed by atoms with E-state index in [1.165, 1.54) is 0 Å². The Morgan fingerprint density at radius 3 is 2.50 bits per heavy atom. The fraction of sp³-hybridized carbons (Fsp3) is 0.533. The first-order chi connectivity index (χ1) is 8.33. The Kier molecular flexibility index (Phi) is 5.27. The summed E-state index contributed by atoms with van der Waals surface area (Å²) in [6.45, 7) is 10.8. The summed E-state index contributed by atoms with van der Waals surface area (Å²) in [5.74, 6) is 1.85. The van der Waals surface area contributed by atoms with Gasteiger partial charge >= 0.3 is 0 Å². The van der Waals surface area contributed by atoms with E-state index in [0.717, 1.165) is 22.6 Å². The summed E-state index contributed by atoms with van der Waals surface area (Å²) in [6.07, 6.45) is 0. The number of hydrogen-bond acceptors (Lipinski definition) is 3. The summed E-state index contributed by atoms with van der Waals surface area (Å²) in [6, 6.07) is 5.68. The SMILES string of the molecule is CCOc1ccc(C(C)=O)cc1CSC(C)(C)C. The van der Waals surface area contributed by atoms with Crippen LogP contribution in [0.2, 0.25) is 0 Å². The summed E-state index contributed by atoms with van der Waals surface area (Å²) >= 11 is 1.86. The van der Waals surface area contributed by atoms with Crippen molar-refractivity contribution in [2.45, 2.75) is 45.1 Å². The van der Waals surface area contributed by atoms with Crippen LogP contribution in [0.4, 0.5) is 0 Å². The molecule has 0 aromatic heterocycles. The van der Waals surface area contributed by atoms with E-state index < -0.39 is 0 Å². The van der Waals surface area contributed by atoms with Gasteiger partial charge in [0.05, 0.1) is 6.61 Å². The van der Waals surface area contributed by atoms with Crippen LogP contribution in [-0.4, -0.2) is 17.1 Å². The predicted molar refractivity (Wildman–Crippen MR) is 78.7 cm³/mol. The number of rotatable bonds is 5. The monoisotopic (exact) mass is 266 g/mol. The van der Waals surface area contributed by atoms with Gasteiger partial charge in [0.25, 0.3) is 0 Å². The molecule has 0 saturated carbocycles. The minimum Gasteiger partial charge on any atom is -0.494 e. The Morgan fingerprint density at radius 2 is 2.00 bits per heavy atom. The lowest BCUT2D eigenvalue weighted by Gasteiger charge is -2.19. The zero-order chi connectivity index (χ0) is 13.8. The number of carbonyl (C=O) groups is 1. The highest BCUT2D eigenvalue weighted by Gasteiger charge is 2.14.